The van der Waals surface area contributed by atoms with E-state index in [9.17, 15) is 13.2 Å². The molecule has 0 aromatic heterocycles. The topological polar surface area (TPSA) is 90.9 Å². The average molecular weight is 331 g/mol. The fourth-order valence-electron chi connectivity index (χ4n) is 1.51. The molecule has 1 aromatic rings. The summed E-state index contributed by atoms with van der Waals surface area (Å²) in [5.74, 6) is 0.438. The molecule has 0 saturated heterocycles. The van der Waals surface area contributed by atoms with Crippen LogP contribution in [0.3, 0.4) is 0 Å². The van der Waals surface area contributed by atoms with Crippen LogP contribution in [0.25, 0.3) is 0 Å². The number of benzene rings is 1. The van der Waals surface area contributed by atoms with Crippen molar-refractivity contribution in [3.63, 3.8) is 0 Å². The molecule has 1 N–H and O–H groups in total. The standard InChI is InChI=1S/C14H21NO6S/c1-3-19-9-8-14(16)15-12-4-6-13(7-5-12)20-10-11-21-22(2,17)18/h4-7H,3,8-11H2,1-2H3,(H,15,16). The van der Waals surface area contributed by atoms with Gasteiger partial charge in [-0.25, -0.2) is 0 Å². The van der Waals surface area contributed by atoms with Crippen LogP contribution in [-0.2, 0) is 23.8 Å². The lowest BCUT2D eigenvalue weighted by molar-refractivity contribution is -0.117. The second-order valence-electron chi connectivity index (χ2n) is 4.39. The number of rotatable bonds is 10. The summed E-state index contributed by atoms with van der Waals surface area (Å²) in [6.07, 6.45) is 1.28. The Hall–Kier alpha value is -1.64. The molecule has 0 fully saturated rings. The van der Waals surface area contributed by atoms with E-state index in [1.54, 1.807) is 24.3 Å². The summed E-state index contributed by atoms with van der Waals surface area (Å²) in [6.45, 7) is 2.92. The maximum Gasteiger partial charge on any atom is 0.264 e. The maximum absolute atomic E-state index is 11.6. The van der Waals surface area contributed by atoms with E-state index in [0.717, 1.165) is 6.26 Å². The maximum atomic E-state index is 11.6. The third-order valence-electron chi connectivity index (χ3n) is 2.47. The lowest BCUT2D eigenvalue weighted by atomic mass is 10.3. The molecule has 7 nitrogen and oxygen atoms in total. The second kappa shape index (κ2) is 9.39. The van der Waals surface area contributed by atoms with Crippen molar-refractivity contribution in [1.82, 2.24) is 0 Å². The highest BCUT2D eigenvalue weighted by Gasteiger charge is 2.04. The second-order valence-corrected chi connectivity index (χ2v) is 6.04. The largest absolute Gasteiger partial charge is 0.491 e. The third kappa shape index (κ3) is 8.60. The van der Waals surface area contributed by atoms with Crippen molar-refractivity contribution in [3.05, 3.63) is 24.3 Å². The van der Waals surface area contributed by atoms with Gasteiger partial charge >= 0.3 is 0 Å². The van der Waals surface area contributed by atoms with Crippen molar-refractivity contribution >= 4 is 21.7 Å². The molecule has 0 aliphatic rings. The van der Waals surface area contributed by atoms with Gasteiger partial charge in [-0.3, -0.25) is 8.98 Å². The molecule has 22 heavy (non-hydrogen) atoms. The highest BCUT2D eigenvalue weighted by atomic mass is 32.2. The molecule has 1 amide bonds. The van der Waals surface area contributed by atoms with E-state index >= 15 is 0 Å². The summed E-state index contributed by atoms with van der Waals surface area (Å²) < 4.78 is 36.5. The third-order valence-corrected chi connectivity index (χ3v) is 3.06. The number of carbonyl (C=O) groups is 1. The number of hydrogen-bond donors (Lipinski definition) is 1. The predicted octanol–water partition coefficient (Wildman–Crippen LogP) is 1.41. The summed E-state index contributed by atoms with van der Waals surface area (Å²) in [5, 5.41) is 2.74. The van der Waals surface area contributed by atoms with Crippen molar-refractivity contribution in [2.45, 2.75) is 13.3 Å². The number of ether oxygens (including phenoxy) is 2. The van der Waals surface area contributed by atoms with Crippen LogP contribution in [0.2, 0.25) is 0 Å². The van der Waals surface area contributed by atoms with Gasteiger partial charge in [-0.1, -0.05) is 0 Å². The van der Waals surface area contributed by atoms with Crippen LogP contribution < -0.4 is 10.1 Å². The Kier molecular flexibility index (Phi) is 7.86. The molecule has 0 unspecified atom stereocenters. The molecular formula is C14H21NO6S. The monoisotopic (exact) mass is 331 g/mol. The zero-order chi connectivity index (χ0) is 16.4. The van der Waals surface area contributed by atoms with Crippen LogP contribution in [0.1, 0.15) is 13.3 Å². The molecule has 8 heteroatoms. The van der Waals surface area contributed by atoms with Crippen LogP contribution in [-0.4, -0.2) is 47.0 Å². The van der Waals surface area contributed by atoms with Gasteiger partial charge in [0.25, 0.3) is 10.1 Å². The van der Waals surface area contributed by atoms with E-state index in [1.807, 2.05) is 6.92 Å². The number of carbonyl (C=O) groups excluding carboxylic acids is 1. The fraction of sp³-hybridized carbons (Fsp3) is 0.500. The Morgan fingerprint density at radius 2 is 1.82 bits per heavy atom. The Morgan fingerprint density at radius 3 is 2.41 bits per heavy atom. The number of hydrogen-bond acceptors (Lipinski definition) is 6. The molecule has 1 rings (SSSR count). The average Bonchev–Trinajstić information content (AvgIpc) is 2.44. The highest BCUT2D eigenvalue weighted by molar-refractivity contribution is 7.85. The van der Waals surface area contributed by atoms with E-state index in [4.69, 9.17) is 9.47 Å². The lowest BCUT2D eigenvalue weighted by Crippen LogP contribution is -2.14. The first-order valence-electron chi connectivity index (χ1n) is 6.85. The van der Waals surface area contributed by atoms with Gasteiger partial charge in [-0.05, 0) is 31.2 Å². The Bertz CT molecular complexity index is 555. The summed E-state index contributed by atoms with van der Waals surface area (Å²) in [4.78, 5) is 11.6. The zero-order valence-electron chi connectivity index (χ0n) is 12.7. The van der Waals surface area contributed by atoms with E-state index in [-0.39, 0.29) is 19.1 Å². The number of anilines is 1. The molecule has 1 aromatic carbocycles. The minimum absolute atomic E-state index is 0.0469. The fourth-order valence-corrected chi connectivity index (χ4v) is 1.88. The minimum atomic E-state index is -3.45. The summed E-state index contributed by atoms with van der Waals surface area (Å²) in [6, 6.07) is 6.76. The van der Waals surface area contributed by atoms with Gasteiger partial charge in [-0.15, -0.1) is 0 Å². The smallest absolute Gasteiger partial charge is 0.264 e. The SMILES string of the molecule is CCOCCC(=O)Nc1ccc(OCCOS(C)(=O)=O)cc1. The van der Waals surface area contributed by atoms with E-state index in [1.165, 1.54) is 0 Å². The van der Waals surface area contributed by atoms with Crippen LogP contribution >= 0.6 is 0 Å². The molecular weight excluding hydrogens is 310 g/mol. The first-order valence-corrected chi connectivity index (χ1v) is 8.67. The molecule has 0 radical (unpaired) electrons. The van der Waals surface area contributed by atoms with Crippen LogP contribution in [0, 0.1) is 0 Å². The summed E-state index contributed by atoms with van der Waals surface area (Å²) in [7, 11) is -3.45. The number of amides is 1. The lowest BCUT2D eigenvalue weighted by Gasteiger charge is -2.08. The van der Waals surface area contributed by atoms with Gasteiger partial charge in [0, 0.05) is 12.3 Å². The molecule has 124 valence electrons. The molecule has 0 spiro atoms. The summed E-state index contributed by atoms with van der Waals surface area (Å²) in [5.41, 5.74) is 0.654. The Morgan fingerprint density at radius 1 is 1.14 bits per heavy atom. The van der Waals surface area contributed by atoms with Crippen molar-refractivity contribution in [1.29, 1.82) is 0 Å². The van der Waals surface area contributed by atoms with Gasteiger partial charge in [0.15, 0.2) is 0 Å². The van der Waals surface area contributed by atoms with Crippen molar-refractivity contribution < 1.29 is 26.9 Å². The minimum Gasteiger partial charge on any atom is -0.491 e. The van der Waals surface area contributed by atoms with Crippen LogP contribution in [0.15, 0.2) is 24.3 Å². The van der Waals surface area contributed by atoms with E-state index < -0.39 is 10.1 Å². The predicted molar refractivity (Wildman–Crippen MR) is 82.5 cm³/mol. The van der Waals surface area contributed by atoms with Crippen molar-refractivity contribution in [2.24, 2.45) is 0 Å². The highest BCUT2D eigenvalue weighted by Crippen LogP contribution is 2.15. The molecule has 0 atom stereocenters. The molecule has 0 aliphatic carbocycles. The Balaban J connectivity index is 2.32. The van der Waals surface area contributed by atoms with Gasteiger partial charge in [-0.2, -0.15) is 8.42 Å². The van der Waals surface area contributed by atoms with Gasteiger partial charge in [0.2, 0.25) is 5.91 Å². The Labute approximate surface area is 130 Å². The van der Waals surface area contributed by atoms with Crippen molar-refractivity contribution in [3.8, 4) is 5.75 Å². The molecule has 0 aliphatic heterocycles. The first-order chi connectivity index (χ1) is 10.4. The van der Waals surface area contributed by atoms with Gasteiger partial charge in [0.05, 0.1) is 19.3 Å². The summed E-state index contributed by atoms with van der Waals surface area (Å²) >= 11 is 0. The first kappa shape index (κ1) is 18.4. The van der Waals surface area contributed by atoms with Crippen LogP contribution in [0.5, 0.6) is 5.75 Å². The van der Waals surface area contributed by atoms with Gasteiger partial charge < -0.3 is 14.8 Å². The molecule has 0 heterocycles. The molecule has 0 bridgehead atoms. The molecule has 0 saturated carbocycles. The number of nitrogens with one attached hydrogen (secondary N) is 1. The van der Waals surface area contributed by atoms with E-state index in [0.29, 0.717) is 31.1 Å². The quantitative estimate of drug-likeness (QED) is 0.515. The van der Waals surface area contributed by atoms with Crippen molar-refractivity contribution in [2.75, 3.05) is 38.0 Å². The van der Waals surface area contributed by atoms with Crippen LogP contribution in [0.4, 0.5) is 5.69 Å². The van der Waals surface area contributed by atoms with E-state index in [2.05, 4.69) is 9.50 Å². The van der Waals surface area contributed by atoms with Gasteiger partial charge in [0.1, 0.15) is 19.0 Å². The zero-order valence-corrected chi connectivity index (χ0v) is 13.5. The normalized spacial score (nSPS) is 11.2.